The van der Waals surface area contributed by atoms with E-state index in [2.05, 4.69) is 5.32 Å². The quantitative estimate of drug-likeness (QED) is 0.549. The Morgan fingerprint density at radius 1 is 1.16 bits per heavy atom. The fourth-order valence-corrected chi connectivity index (χ4v) is 4.03. The number of benzene rings is 2. The summed E-state index contributed by atoms with van der Waals surface area (Å²) in [6, 6.07) is 11.2. The van der Waals surface area contributed by atoms with Gasteiger partial charge in [-0.25, -0.2) is 4.79 Å². The first kappa shape index (κ1) is 21.8. The van der Waals surface area contributed by atoms with Crippen molar-refractivity contribution in [1.82, 2.24) is 9.88 Å². The van der Waals surface area contributed by atoms with E-state index in [-0.39, 0.29) is 17.9 Å². The highest BCUT2D eigenvalue weighted by molar-refractivity contribution is 7.98. The van der Waals surface area contributed by atoms with Crippen molar-refractivity contribution in [3.63, 3.8) is 0 Å². The molecule has 4 rings (SSSR count). The number of carbonyl (C=O) groups is 2. The van der Waals surface area contributed by atoms with E-state index in [0.29, 0.717) is 40.1 Å². The van der Waals surface area contributed by atoms with Crippen LogP contribution in [0.25, 0.3) is 16.5 Å². The number of hydrogen-bond donors (Lipinski definition) is 1. The molecule has 0 spiro atoms. The lowest BCUT2D eigenvalue weighted by Crippen LogP contribution is -2.42. The smallest absolute Gasteiger partial charge is 0.328 e. The van der Waals surface area contributed by atoms with Gasteiger partial charge in [0.25, 0.3) is 11.5 Å². The zero-order valence-electron chi connectivity index (χ0n) is 17.6. The number of esters is 1. The molecule has 0 fully saturated rings. The molecule has 1 aliphatic heterocycles. The van der Waals surface area contributed by atoms with Gasteiger partial charge in [-0.15, -0.1) is 0 Å². The number of nitrogens with zero attached hydrogens (tertiary/aromatic N) is 1. The molecule has 0 saturated carbocycles. The van der Waals surface area contributed by atoms with Crippen LogP contribution in [0, 0.1) is 0 Å². The Bertz CT molecular complexity index is 1240. The highest BCUT2D eigenvalue weighted by atomic mass is 32.2. The molecule has 0 unspecified atom stereocenters. The third-order valence-electron chi connectivity index (χ3n) is 5.21. The first-order chi connectivity index (χ1) is 15.5. The van der Waals surface area contributed by atoms with Crippen LogP contribution in [0.1, 0.15) is 16.8 Å². The van der Waals surface area contributed by atoms with E-state index in [1.807, 2.05) is 6.26 Å². The number of rotatable bonds is 7. The number of carbonyl (C=O) groups excluding carboxylic acids is 2. The highest BCUT2D eigenvalue weighted by Gasteiger charge is 2.24. The predicted molar refractivity (Wildman–Crippen MR) is 122 cm³/mol. The van der Waals surface area contributed by atoms with Gasteiger partial charge in [0.15, 0.2) is 11.5 Å². The Balaban J connectivity index is 1.79. The summed E-state index contributed by atoms with van der Waals surface area (Å²) in [5.74, 6) is 0.817. The van der Waals surface area contributed by atoms with Crippen molar-refractivity contribution in [2.45, 2.75) is 12.5 Å². The molecular formula is C23H22N2O6S. The number of fused-ring (bicyclic) bond motifs is 2. The molecular weight excluding hydrogens is 432 g/mol. The van der Waals surface area contributed by atoms with E-state index in [9.17, 15) is 14.4 Å². The first-order valence-electron chi connectivity index (χ1n) is 9.95. The lowest BCUT2D eigenvalue weighted by molar-refractivity contribution is -0.142. The second-order valence-corrected chi connectivity index (χ2v) is 8.12. The Morgan fingerprint density at radius 2 is 1.91 bits per heavy atom. The average molecular weight is 455 g/mol. The van der Waals surface area contributed by atoms with Gasteiger partial charge >= 0.3 is 5.97 Å². The minimum absolute atomic E-state index is 0.115. The first-order valence-corrected chi connectivity index (χ1v) is 11.3. The molecule has 32 heavy (non-hydrogen) atoms. The van der Waals surface area contributed by atoms with E-state index in [0.717, 1.165) is 0 Å². The Labute approximate surface area is 188 Å². The molecule has 1 aliphatic rings. The van der Waals surface area contributed by atoms with Crippen molar-refractivity contribution in [1.29, 1.82) is 0 Å². The summed E-state index contributed by atoms with van der Waals surface area (Å²) >= 11 is 1.57. The molecule has 0 saturated heterocycles. The summed E-state index contributed by atoms with van der Waals surface area (Å²) in [7, 11) is 1.29. The summed E-state index contributed by atoms with van der Waals surface area (Å²) in [5.41, 5.74) is 0.532. The molecule has 0 aliphatic carbocycles. The zero-order chi connectivity index (χ0) is 22.7. The zero-order valence-corrected chi connectivity index (χ0v) is 18.4. The normalized spacial score (nSPS) is 13.1. The molecule has 0 bridgehead atoms. The highest BCUT2D eigenvalue weighted by Crippen LogP contribution is 2.33. The molecule has 1 N–H and O–H groups in total. The second kappa shape index (κ2) is 9.35. The second-order valence-electron chi connectivity index (χ2n) is 7.13. The molecule has 1 atom stereocenters. The third-order valence-corrected chi connectivity index (χ3v) is 5.85. The van der Waals surface area contributed by atoms with Crippen LogP contribution in [-0.2, 0) is 9.53 Å². The average Bonchev–Trinajstić information content (AvgIpc) is 3.29. The number of nitrogens with one attached hydrogen (secondary N) is 1. The predicted octanol–water partition coefficient (Wildman–Crippen LogP) is 2.74. The third kappa shape index (κ3) is 4.16. The lowest BCUT2D eigenvalue weighted by atomic mass is 10.1. The summed E-state index contributed by atoms with van der Waals surface area (Å²) < 4.78 is 17.0. The van der Waals surface area contributed by atoms with Gasteiger partial charge in [-0.3, -0.25) is 14.2 Å². The molecule has 1 aromatic heterocycles. The van der Waals surface area contributed by atoms with Gasteiger partial charge in [0.2, 0.25) is 6.79 Å². The molecule has 166 valence electrons. The molecule has 9 heteroatoms. The fraction of sp³-hybridized carbons (Fsp3) is 0.261. The summed E-state index contributed by atoms with van der Waals surface area (Å²) in [5, 5.41) is 3.65. The summed E-state index contributed by atoms with van der Waals surface area (Å²) in [6.07, 6.45) is 3.84. The number of aromatic nitrogens is 1. The van der Waals surface area contributed by atoms with Gasteiger partial charge in [0.1, 0.15) is 6.04 Å². The van der Waals surface area contributed by atoms with E-state index in [1.54, 1.807) is 54.2 Å². The van der Waals surface area contributed by atoms with Crippen molar-refractivity contribution in [3.05, 3.63) is 64.6 Å². The van der Waals surface area contributed by atoms with Gasteiger partial charge in [0, 0.05) is 23.0 Å². The van der Waals surface area contributed by atoms with Crippen LogP contribution >= 0.6 is 11.8 Å². The van der Waals surface area contributed by atoms with E-state index >= 15 is 0 Å². The Kier molecular flexibility index (Phi) is 6.36. The largest absolute Gasteiger partial charge is 0.467 e. The molecule has 0 radical (unpaired) electrons. The van der Waals surface area contributed by atoms with Crippen LogP contribution in [0.5, 0.6) is 11.5 Å². The summed E-state index contributed by atoms with van der Waals surface area (Å²) in [4.78, 5) is 38.6. The minimum Gasteiger partial charge on any atom is -0.467 e. The molecule has 3 aromatic rings. The number of ether oxygens (including phenoxy) is 3. The van der Waals surface area contributed by atoms with Gasteiger partial charge < -0.3 is 19.5 Å². The number of hydrogen-bond acceptors (Lipinski definition) is 7. The number of thioether (sulfide) groups is 1. The van der Waals surface area contributed by atoms with Crippen LogP contribution < -0.4 is 20.3 Å². The topological polar surface area (TPSA) is 95.9 Å². The van der Waals surface area contributed by atoms with Crippen molar-refractivity contribution < 1.29 is 23.8 Å². The van der Waals surface area contributed by atoms with Crippen molar-refractivity contribution in [2.24, 2.45) is 0 Å². The van der Waals surface area contributed by atoms with Crippen LogP contribution in [0.4, 0.5) is 0 Å². The number of methoxy groups -OCH3 is 1. The minimum atomic E-state index is -0.787. The van der Waals surface area contributed by atoms with Gasteiger partial charge in [-0.2, -0.15) is 11.8 Å². The van der Waals surface area contributed by atoms with Crippen LogP contribution in [0.2, 0.25) is 0 Å². The van der Waals surface area contributed by atoms with E-state index in [4.69, 9.17) is 14.2 Å². The van der Waals surface area contributed by atoms with E-state index in [1.165, 1.54) is 17.9 Å². The standard InChI is InChI=1S/C23H22N2O6S/c1-29-23(28)18(9-10-32-2)24-21(26)17-12-25(22(27)16-6-4-3-5-15(16)17)14-7-8-19-20(11-14)31-13-30-19/h3-8,11-12,18H,9-10,13H2,1-2H3,(H,24,26)/t18-/m0/s1. The van der Waals surface area contributed by atoms with Gasteiger partial charge in [0.05, 0.1) is 18.4 Å². The Morgan fingerprint density at radius 3 is 2.66 bits per heavy atom. The summed E-state index contributed by atoms with van der Waals surface area (Å²) in [6.45, 7) is 0.115. The van der Waals surface area contributed by atoms with Crippen LogP contribution in [0.15, 0.2) is 53.5 Å². The molecule has 2 heterocycles. The molecule has 1 amide bonds. The van der Waals surface area contributed by atoms with E-state index < -0.39 is 17.9 Å². The number of pyridine rings is 1. The molecule has 8 nitrogen and oxygen atoms in total. The van der Waals surface area contributed by atoms with Gasteiger partial charge in [-0.1, -0.05) is 18.2 Å². The Hall–Kier alpha value is -3.46. The van der Waals surface area contributed by atoms with Crippen molar-refractivity contribution >= 4 is 34.4 Å². The van der Waals surface area contributed by atoms with Crippen molar-refractivity contribution in [2.75, 3.05) is 25.9 Å². The molecule has 2 aromatic carbocycles. The maximum absolute atomic E-state index is 13.2. The maximum atomic E-state index is 13.2. The fourth-order valence-electron chi connectivity index (χ4n) is 3.56. The SMILES string of the molecule is COC(=O)[C@H](CCSC)NC(=O)c1cn(-c2ccc3c(c2)OCO3)c(=O)c2ccccc12. The van der Waals surface area contributed by atoms with Crippen molar-refractivity contribution in [3.8, 4) is 17.2 Å². The lowest BCUT2D eigenvalue weighted by Gasteiger charge is -2.18. The number of amides is 1. The van der Waals surface area contributed by atoms with Gasteiger partial charge in [-0.05, 0) is 36.6 Å². The monoisotopic (exact) mass is 454 g/mol. The van der Waals surface area contributed by atoms with Crippen LogP contribution in [0.3, 0.4) is 0 Å². The van der Waals surface area contributed by atoms with Crippen LogP contribution in [-0.4, -0.2) is 48.4 Å². The maximum Gasteiger partial charge on any atom is 0.328 e.